The number of rotatable bonds is 6. The van der Waals surface area contributed by atoms with Gasteiger partial charge in [-0.1, -0.05) is 30.3 Å². The van der Waals surface area contributed by atoms with Gasteiger partial charge in [-0.2, -0.15) is 0 Å². The van der Waals surface area contributed by atoms with Crippen molar-refractivity contribution in [3.63, 3.8) is 0 Å². The summed E-state index contributed by atoms with van der Waals surface area (Å²) in [6.07, 6.45) is 5.25. The number of carbonyl (C=O) groups is 1. The van der Waals surface area contributed by atoms with Crippen molar-refractivity contribution < 1.29 is 9.18 Å². The van der Waals surface area contributed by atoms with Crippen molar-refractivity contribution >= 4 is 34.4 Å². The van der Waals surface area contributed by atoms with Gasteiger partial charge in [-0.25, -0.2) is 13.9 Å². The molecule has 0 radical (unpaired) electrons. The molecule has 0 unspecified atom stereocenters. The quantitative estimate of drug-likeness (QED) is 0.337. The van der Waals surface area contributed by atoms with E-state index in [4.69, 9.17) is 5.73 Å². The lowest BCUT2D eigenvalue weighted by molar-refractivity contribution is 0.102. The monoisotopic (exact) mass is 459 g/mol. The van der Waals surface area contributed by atoms with Crippen LogP contribution in [0.3, 0.4) is 0 Å². The lowest BCUT2D eigenvalue weighted by Crippen LogP contribution is -2.33. The largest absolute Gasteiger partial charge is 0.366 e. The van der Waals surface area contributed by atoms with Crippen molar-refractivity contribution in [1.82, 2.24) is 14.6 Å². The predicted molar refractivity (Wildman–Crippen MR) is 131 cm³/mol. The molecule has 5 N–H and O–H groups in total. The maximum absolute atomic E-state index is 14.1. The van der Waals surface area contributed by atoms with Crippen molar-refractivity contribution in [2.24, 2.45) is 5.73 Å². The van der Waals surface area contributed by atoms with Crippen LogP contribution in [0, 0.1) is 5.82 Å². The van der Waals surface area contributed by atoms with Gasteiger partial charge in [0.15, 0.2) is 11.3 Å². The Hall–Kier alpha value is -3.98. The fraction of sp³-hybridized carbons (Fsp3) is 0.240. The normalized spacial score (nSPS) is 17.9. The molecule has 34 heavy (non-hydrogen) atoms. The lowest BCUT2D eigenvalue weighted by atomic mass is 9.92. The summed E-state index contributed by atoms with van der Waals surface area (Å²) in [5.74, 6) is -0.400. The summed E-state index contributed by atoms with van der Waals surface area (Å²) in [5, 5.41) is 14.1. The predicted octanol–water partition coefficient (Wildman–Crippen LogP) is 4.55. The minimum Gasteiger partial charge on any atom is -0.366 e. The number of imidazole rings is 1. The van der Waals surface area contributed by atoms with E-state index in [1.165, 1.54) is 22.8 Å². The van der Waals surface area contributed by atoms with Gasteiger partial charge in [-0.3, -0.25) is 4.79 Å². The van der Waals surface area contributed by atoms with Crippen LogP contribution in [0.15, 0.2) is 66.9 Å². The minimum absolute atomic E-state index is 0.0953. The summed E-state index contributed by atoms with van der Waals surface area (Å²) < 4.78 is 15.6. The van der Waals surface area contributed by atoms with Crippen LogP contribution in [-0.2, 0) is 0 Å². The summed E-state index contributed by atoms with van der Waals surface area (Å²) in [6.45, 7) is 0. The second kappa shape index (κ2) is 9.48. The Bertz CT molecular complexity index is 1300. The second-order valence-electron chi connectivity index (χ2n) is 8.50. The van der Waals surface area contributed by atoms with Crippen LogP contribution in [0.1, 0.15) is 36.2 Å². The molecule has 2 aromatic heterocycles. The van der Waals surface area contributed by atoms with E-state index in [0.717, 1.165) is 31.4 Å². The SMILES string of the molecule is N[C@H]1CC[C@H](Nc2cc(Nc3ccccc3)c3ncc(C(=O)Nc4ccccc4F)n3n2)CC1. The van der Waals surface area contributed by atoms with E-state index in [1.54, 1.807) is 12.1 Å². The zero-order valence-corrected chi connectivity index (χ0v) is 18.5. The zero-order valence-electron chi connectivity index (χ0n) is 18.5. The average Bonchev–Trinajstić information content (AvgIpc) is 3.27. The van der Waals surface area contributed by atoms with Gasteiger partial charge in [0.2, 0.25) is 0 Å². The third-order valence-corrected chi connectivity index (χ3v) is 6.00. The number of nitrogens with zero attached hydrogens (tertiary/aromatic N) is 3. The average molecular weight is 460 g/mol. The molecule has 9 heteroatoms. The molecule has 1 aliphatic carbocycles. The van der Waals surface area contributed by atoms with Crippen LogP contribution in [0.4, 0.5) is 27.3 Å². The summed E-state index contributed by atoms with van der Waals surface area (Å²) in [4.78, 5) is 17.5. The number of hydrogen-bond donors (Lipinski definition) is 4. The second-order valence-corrected chi connectivity index (χ2v) is 8.50. The highest BCUT2D eigenvalue weighted by atomic mass is 19.1. The van der Waals surface area contributed by atoms with Crippen molar-refractivity contribution in [3.8, 4) is 0 Å². The van der Waals surface area contributed by atoms with Gasteiger partial charge in [0, 0.05) is 23.8 Å². The number of para-hydroxylation sites is 2. The van der Waals surface area contributed by atoms with Crippen molar-refractivity contribution in [1.29, 1.82) is 0 Å². The minimum atomic E-state index is -0.512. The molecule has 174 valence electrons. The first-order valence-electron chi connectivity index (χ1n) is 11.4. The van der Waals surface area contributed by atoms with Crippen molar-refractivity contribution in [2.45, 2.75) is 37.8 Å². The summed E-state index contributed by atoms with van der Waals surface area (Å²) in [5.41, 5.74) is 8.40. The molecule has 1 aliphatic rings. The highest BCUT2D eigenvalue weighted by Gasteiger charge is 2.21. The van der Waals surface area contributed by atoms with Gasteiger partial charge in [-0.05, 0) is 49.9 Å². The molecular weight excluding hydrogens is 433 g/mol. The van der Waals surface area contributed by atoms with E-state index in [0.29, 0.717) is 17.2 Å². The fourth-order valence-electron chi connectivity index (χ4n) is 4.18. The smallest absolute Gasteiger partial charge is 0.276 e. The Kier molecular flexibility index (Phi) is 6.09. The van der Waals surface area contributed by atoms with E-state index in [9.17, 15) is 9.18 Å². The number of anilines is 4. The molecular formula is C25H26FN7O. The Morgan fingerprint density at radius 3 is 2.50 bits per heavy atom. The molecule has 0 bridgehead atoms. The Morgan fingerprint density at radius 2 is 1.74 bits per heavy atom. The Balaban J connectivity index is 1.50. The van der Waals surface area contributed by atoms with Gasteiger partial charge in [-0.15, -0.1) is 5.10 Å². The molecule has 1 amide bonds. The molecule has 1 fully saturated rings. The van der Waals surface area contributed by atoms with Crippen LogP contribution in [0.2, 0.25) is 0 Å². The lowest BCUT2D eigenvalue weighted by Gasteiger charge is -2.27. The topological polar surface area (TPSA) is 109 Å². The van der Waals surface area contributed by atoms with Crippen LogP contribution < -0.4 is 21.7 Å². The molecule has 0 spiro atoms. The molecule has 4 aromatic rings. The van der Waals surface area contributed by atoms with Gasteiger partial charge in [0.25, 0.3) is 5.91 Å². The number of halogens is 1. The van der Waals surface area contributed by atoms with Crippen molar-refractivity contribution in [2.75, 3.05) is 16.0 Å². The maximum atomic E-state index is 14.1. The van der Waals surface area contributed by atoms with E-state index in [1.807, 2.05) is 36.4 Å². The Morgan fingerprint density at radius 1 is 1.00 bits per heavy atom. The fourth-order valence-corrected chi connectivity index (χ4v) is 4.18. The van der Waals surface area contributed by atoms with E-state index in [2.05, 4.69) is 26.0 Å². The molecule has 2 aromatic carbocycles. The molecule has 5 rings (SSSR count). The third-order valence-electron chi connectivity index (χ3n) is 6.00. The number of aromatic nitrogens is 3. The highest BCUT2D eigenvalue weighted by molar-refractivity contribution is 6.03. The number of nitrogens with one attached hydrogen (secondary N) is 3. The molecule has 0 atom stereocenters. The first kappa shape index (κ1) is 21.8. The zero-order chi connectivity index (χ0) is 23.5. The molecule has 0 saturated heterocycles. The first-order chi connectivity index (χ1) is 16.6. The van der Waals surface area contributed by atoms with Crippen LogP contribution in [-0.4, -0.2) is 32.6 Å². The number of benzene rings is 2. The molecule has 1 saturated carbocycles. The first-order valence-corrected chi connectivity index (χ1v) is 11.4. The van der Waals surface area contributed by atoms with E-state index in [-0.39, 0.29) is 23.5 Å². The molecule has 8 nitrogen and oxygen atoms in total. The van der Waals surface area contributed by atoms with Gasteiger partial charge in [0.05, 0.1) is 17.6 Å². The third kappa shape index (κ3) is 4.69. The van der Waals surface area contributed by atoms with Gasteiger partial charge >= 0.3 is 0 Å². The summed E-state index contributed by atoms with van der Waals surface area (Å²) in [7, 11) is 0. The van der Waals surface area contributed by atoms with E-state index >= 15 is 0 Å². The molecule has 0 aliphatic heterocycles. The maximum Gasteiger partial charge on any atom is 0.276 e. The van der Waals surface area contributed by atoms with Crippen LogP contribution in [0.25, 0.3) is 5.65 Å². The summed E-state index contributed by atoms with van der Waals surface area (Å²) in [6, 6.07) is 18.1. The van der Waals surface area contributed by atoms with Crippen molar-refractivity contribution in [3.05, 3.63) is 78.4 Å². The van der Waals surface area contributed by atoms with Gasteiger partial charge in [0.1, 0.15) is 11.6 Å². The standard InChI is InChI=1S/C25H26FN7O/c26-19-8-4-5-9-20(19)31-25(34)22-15-28-24-21(29-17-6-2-1-3-7-17)14-23(32-33(22)24)30-18-12-10-16(27)11-13-18/h1-9,14-16,18,29H,10-13,27H2,(H,30,32)(H,31,34)/t16-,18-. The number of amides is 1. The number of carbonyl (C=O) groups excluding carboxylic acids is 1. The number of hydrogen-bond acceptors (Lipinski definition) is 6. The molecule has 2 heterocycles. The van der Waals surface area contributed by atoms with Crippen LogP contribution in [0.5, 0.6) is 0 Å². The number of nitrogens with two attached hydrogens (primary N) is 1. The summed E-state index contributed by atoms with van der Waals surface area (Å²) >= 11 is 0. The van der Waals surface area contributed by atoms with Gasteiger partial charge < -0.3 is 21.7 Å². The van der Waals surface area contributed by atoms with E-state index < -0.39 is 11.7 Å². The van der Waals surface area contributed by atoms with Crippen LogP contribution >= 0.6 is 0 Å². The Labute approximate surface area is 196 Å². The highest BCUT2D eigenvalue weighted by Crippen LogP contribution is 2.27. The number of fused-ring (bicyclic) bond motifs is 1.